The Labute approximate surface area is 112 Å². The molecule has 4 heteroatoms. The van der Waals surface area contributed by atoms with Gasteiger partial charge in [0.2, 0.25) is 0 Å². The van der Waals surface area contributed by atoms with E-state index in [4.69, 9.17) is 14.2 Å². The Bertz CT molecular complexity index is 486. The highest BCUT2D eigenvalue weighted by Crippen LogP contribution is 2.54. The minimum atomic E-state index is -0.619. The molecule has 1 saturated heterocycles. The molecular weight excluding hydrogens is 244 g/mol. The number of carbonyl (C=O) groups is 1. The molecule has 0 amide bonds. The van der Waals surface area contributed by atoms with Gasteiger partial charge in [0, 0.05) is 18.8 Å². The topological polar surface area (TPSA) is 44.8 Å². The van der Waals surface area contributed by atoms with Crippen LogP contribution in [-0.4, -0.2) is 30.9 Å². The quantitative estimate of drug-likeness (QED) is 0.626. The molecule has 0 N–H and O–H groups in total. The summed E-state index contributed by atoms with van der Waals surface area (Å²) in [4.78, 5) is 12.5. The highest BCUT2D eigenvalue weighted by molar-refractivity contribution is 5.90. The Morgan fingerprint density at radius 2 is 2.05 bits per heavy atom. The second-order valence-corrected chi connectivity index (χ2v) is 5.96. The zero-order valence-corrected chi connectivity index (χ0v) is 11.1. The normalized spacial score (nSPS) is 42.8. The van der Waals surface area contributed by atoms with Gasteiger partial charge in [0.1, 0.15) is 11.9 Å². The van der Waals surface area contributed by atoms with Crippen molar-refractivity contribution in [1.29, 1.82) is 0 Å². The number of carbonyl (C=O) groups excluding carboxylic acids is 1. The summed E-state index contributed by atoms with van der Waals surface area (Å²) in [5.41, 5.74) is -0.480. The number of hydrogen-bond donors (Lipinski definition) is 0. The number of ether oxygens (including phenoxy) is 3. The summed E-state index contributed by atoms with van der Waals surface area (Å²) in [6.45, 7) is 3.18. The van der Waals surface area contributed by atoms with E-state index in [0.29, 0.717) is 31.8 Å². The van der Waals surface area contributed by atoms with E-state index in [2.05, 4.69) is 0 Å². The molecular formula is C15H18O4. The third-order valence-corrected chi connectivity index (χ3v) is 4.87. The second-order valence-electron chi connectivity index (χ2n) is 5.96. The molecule has 0 radical (unpaired) electrons. The molecule has 0 aromatic carbocycles. The van der Waals surface area contributed by atoms with Crippen LogP contribution < -0.4 is 0 Å². The Morgan fingerprint density at radius 3 is 2.84 bits per heavy atom. The summed E-state index contributed by atoms with van der Waals surface area (Å²) in [6.07, 6.45) is 8.18. The van der Waals surface area contributed by atoms with Crippen LogP contribution in [0.2, 0.25) is 0 Å². The highest BCUT2D eigenvalue weighted by atomic mass is 16.7. The molecule has 4 nitrogen and oxygen atoms in total. The van der Waals surface area contributed by atoms with Crippen molar-refractivity contribution in [3.8, 4) is 0 Å². The first kappa shape index (κ1) is 11.7. The summed E-state index contributed by atoms with van der Waals surface area (Å²) >= 11 is 0. The van der Waals surface area contributed by atoms with Crippen LogP contribution in [0.15, 0.2) is 24.0 Å². The van der Waals surface area contributed by atoms with Gasteiger partial charge >= 0.3 is 0 Å². The third-order valence-electron chi connectivity index (χ3n) is 4.87. The van der Waals surface area contributed by atoms with E-state index < -0.39 is 11.2 Å². The molecule has 4 rings (SSSR count). The smallest absolute Gasteiger partial charge is 0.188 e. The average Bonchev–Trinajstić information content (AvgIpc) is 2.83. The summed E-state index contributed by atoms with van der Waals surface area (Å²) in [7, 11) is 0. The van der Waals surface area contributed by atoms with E-state index in [-0.39, 0.29) is 12.0 Å². The van der Waals surface area contributed by atoms with Gasteiger partial charge < -0.3 is 14.2 Å². The number of Topliss-reactive ketones (excluding diaryl/α,β-unsaturated/α-hetero) is 1. The standard InChI is InChI=1S/C15H18O4/c1-10-8-14-4-5-15(17-6-7-18-15)9-11(14)12(19-10)2-3-13(14)16/h4-5,8,11-12H,2-3,6-7,9H2,1H3/t11-,12+,14+/m1/s1. The average molecular weight is 262 g/mol. The second kappa shape index (κ2) is 3.70. The maximum absolute atomic E-state index is 12.5. The number of ketones is 1. The summed E-state index contributed by atoms with van der Waals surface area (Å²) in [5, 5.41) is 0. The highest BCUT2D eigenvalue weighted by Gasteiger charge is 2.58. The van der Waals surface area contributed by atoms with Crippen molar-refractivity contribution in [2.75, 3.05) is 13.2 Å². The fraction of sp³-hybridized carbons (Fsp3) is 0.667. The zero-order chi connectivity index (χ0) is 13.1. The van der Waals surface area contributed by atoms with Crippen LogP contribution in [0.5, 0.6) is 0 Å². The van der Waals surface area contributed by atoms with Crippen molar-refractivity contribution in [2.45, 2.75) is 38.1 Å². The van der Waals surface area contributed by atoms with E-state index >= 15 is 0 Å². The summed E-state index contributed by atoms with van der Waals surface area (Å²) in [6, 6.07) is 0. The lowest BCUT2D eigenvalue weighted by atomic mass is 9.58. The fourth-order valence-electron chi connectivity index (χ4n) is 4.03. The number of hydrogen-bond acceptors (Lipinski definition) is 4. The van der Waals surface area contributed by atoms with E-state index in [0.717, 1.165) is 12.2 Å². The maximum atomic E-state index is 12.5. The molecule has 0 unspecified atom stereocenters. The lowest BCUT2D eigenvalue weighted by Gasteiger charge is -2.51. The first-order valence-corrected chi connectivity index (χ1v) is 7.01. The lowest BCUT2D eigenvalue weighted by molar-refractivity contribution is -0.171. The van der Waals surface area contributed by atoms with Gasteiger partial charge in [0.15, 0.2) is 5.79 Å². The Kier molecular flexibility index (Phi) is 2.28. The minimum Gasteiger partial charge on any atom is -0.495 e. The van der Waals surface area contributed by atoms with Crippen LogP contribution in [0.3, 0.4) is 0 Å². The molecule has 19 heavy (non-hydrogen) atoms. The fourth-order valence-corrected chi connectivity index (χ4v) is 4.03. The van der Waals surface area contributed by atoms with Crippen molar-refractivity contribution >= 4 is 5.78 Å². The Hall–Kier alpha value is -1.13. The van der Waals surface area contributed by atoms with Gasteiger partial charge in [-0.1, -0.05) is 6.08 Å². The van der Waals surface area contributed by atoms with Crippen molar-refractivity contribution in [2.24, 2.45) is 11.3 Å². The molecule has 1 saturated carbocycles. The molecule has 102 valence electrons. The van der Waals surface area contributed by atoms with Gasteiger partial charge in [-0.05, 0) is 25.5 Å². The Balaban J connectivity index is 1.82. The van der Waals surface area contributed by atoms with Crippen LogP contribution in [0.4, 0.5) is 0 Å². The first-order valence-electron chi connectivity index (χ1n) is 7.01. The van der Waals surface area contributed by atoms with E-state index in [1.54, 1.807) is 0 Å². The number of allylic oxidation sites excluding steroid dienone is 3. The largest absolute Gasteiger partial charge is 0.495 e. The molecule has 3 atom stereocenters. The molecule has 1 spiro atoms. The van der Waals surface area contributed by atoms with E-state index in [1.165, 1.54) is 0 Å². The monoisotopic (exact) mass is 262 g/mol. The first-order chi connectivity index (χ1) is 9.14. The van der Waals surface area contributed by atoms with Gasteiger partial charge in [-0.25, -0.2) is 0 Å². The minimum absolute atomic E-state index is 0.109. The molecule has 0 aromatic rings. The van der Waals surface area contributed by atoms with E-state index in [1.807, 2.05) is 25.2 Å². The molecule has 0 aromatic heterocycles. The molecule has 2 aliphatic carbocycles. The molecule has 2 bridgehead atoms. The van der Waals surface area contributed by atoms with Gasteiger partial charge in [-0.3, -0.25) is 4.79 Å². The molecule has 2 aliphatic heterocycles. The van der Waals surface area contributed by atoms with Crippen LogP contribution in [0, 0.1) is 11.3 Å². The van der Waals surface area contributed by atoms with Gasteiger partial charge in [0.25, 0.3) is 0 Å². The lowest BCUT2D eigenvalue weighted by Crippen LogP contribution is -2.55. The summed E-state index contributed by atoms with van der Waals surface area (Å²) in [5.74, 6) is 0.691. The van der Waals surface area contributed by atoms with E-state index in [9.17, 15) is 4.79 Å². The molecule has 2 fully saturated rings. The van der Waals surface area contributed by atoms with Crippen LogP contribution in [0.1, 0.15) is 26.2 Å². The SMILES string of the molecule is CC1=C[C@@]23C=CC4(C[C@@H]2[C@H](CCC3=O)O1)OCCO4. The van der Waals surface area contributed by atoms with Crippen molar-refractivity contribution in [3.05, 3.63) is 24.0 Å². The van der Waals surface area contributed by atoms with Crippen molar-refractivity contribution in [3.63, 3.8) is 0 Å². The Morgan fingerprint density at radius 1 is 1.26 bits per heavy atom. The molecule has 2 heterocycles. The molecule has 4 aliphatic rings. The van der Waals surface area contributed by atoms with Crippen molar-refractivity contribution < 1.29 is 19.0 Å². The van der Waals surface area contributed by atoms with Crippen LogP contribution in [-0.2, 0) is 19.0 Å². The number of rotatable bonds is 0. The van der Waals surface area contributed by atoms with Crippen LogP contribution >= 0.6 is 0 Å². The summed E-state index contributed by atoms with van der Waals surface area (Å²) < 4.78 is 17.5. The zero-order valence-electron chi connectivity index (χ0n) is 11.1. The van der Waals surface area contributed by atoms with Gasteiger partial charge in [-0.2, -0.15) is 0 Å². The third kappa shape index (κ3) is 1.50. The van der Waals surface area contributed by atoms with Gasteiger partial charge in [-0.15, -0.1) is 0 Å². The van der Waals surface area contributed by atoms with Crippen LogP contribution in [0.25, 0.3) is 0 Å². The maximum Gasteiger partial charge on any atom is 0.188 e. The van der Waals surface area contributed by atoms with Crippen molar-refractivity contribution in [1.82, 2.24) is 0 Å². The predicted molar refractivity (Wildman–Crippen MR) is 67.2 cm³/mol. The van der Waals surface area contributed by atoms with Gasteiger partial charge in [0.05, 0.1) is 24.4 Å². The predicted octanol–water partition coefficient (Wildman–Crippen LogP) is 1.96.